The lowest BCUT2D eigenvalue weighted by atomic mass is 10.2. The first-order chi connectivity index (χ1) is 8.56. The summed E-state index contributed by atoms with van der Waals surface area (Å²) >= 11 is 3.17. The Morgan fingerprint density at radius 2 is 2.11 bits per heavy atom. The number of anilines is 1. The number of aromatic nitrogens is 3. The average Bonchev–Trinajstić information content (AvgIpc) is 2.81. The molecule has 0 aliphatic heterocycles. The first-order valence-electron chi connectivity index (χ1n) is 4.77. The van der Waals surface area contributed by atoms with Gasteiger partial charge in [-0.05, 0) is 18.2 Å². The van der Waals surface area contributed by atoms with Crippen LogP contribution in [0.2, 0.25) is 0 Å². The summed E-state index contributed by atoms with van der Waals surface area (Å²) in [4.78, 5) is 22.5. The van der Waals surface area contributed by atoms with Crippen LogP contribution in [0.25, 0.3) is 0 Å². The van der Waals surface area contributed by atoms with Crippen LogP contribution in [-0.2, 0) is 0 Å². The number of rotatable bonds is 3. The number of carbonyl (C=O) groups excluding carboxylic acids is 1. The summed E-state index contributed by atoms with van der Waals surface area (Å²) in [5, 5.41) is 20.9. The fourth-order valence-electron chi connectivity index (χ4n) is 1.29. The molecule has 1 aromatic carbocycles. The fourth-order valence-corrected chi connectivity index (χ4v) is 1.78. The highest BCUT2D eigenvalue weighted by Crippen LogP contribution is 2.20. The number of aromatic carboxylic acids is 1. The first-order valence-corrected chi connectivity index (χ1v) is 5.56. The van der Waals surface area contributed by atoms with Crippen LogP contribution >= 0.6 is 15.9 Å². The molecule has 0 fully saturated rings. The molecule has 0 bridgehead atoms. The number of hydrogen-bond acceptors (Lipinski definition) is 4. The van der Waals surface area contributed by atoms with Gasteiger partial charge in [0.1, 0.15) is 0 Å². The molecule has 0 saturated heterocycles. The van der Waals surface area contributed by atoms with E-state index < -0.39 is 11.9 Å². The lowest BCUT2D eigenvalue weighted by Gasteiger charge is -2.05. The van der Waals surface area contributed by atoms with Crippen LogP contribution in [0.15, 0.2) is 28.9 Å². The maximum atomic E-state index is 11.7. The van der Waals surface area contributed by atoms with Crippen molar-refractivity contribution < 1.29 is 14.7 Å². The Bertz CT molecular complexity index is 597. The Balaban J connectivity index is 2.24. The van der Waals surface area contributed by atoms with Gasteiger partial charge in [0.15, 0.2) is 5.69 Å². The number of aromatic amines is 1. The van der Waals surface area contributed by atoms with E-state index in [1.807, 2.05) is 0 Å². The predicted molar refractivity (Wildman–Crippen MR) is 65.4 cm³/mol. The molecule has 0 aliphatic rings. The second-order valence-electron chi connectivity index (χ2n) is 3.34. The molecule has 1 heterocycles. The maximum Gasteiger partial charge on any atom is 0.335 e. The number of nitrogens with one attached hydrogen (secondary N) is 2. The van der Waals surface area contributed by atoms with E-state index in [0.29, 0.717) is 10.2 Å². The molecule has 0 atom stereocenters. The van der Waals surface area contributed by atoms with E-state index in [1.54, 1.807) is 6.07 Å². The minimum atomic E-state index is -1.08. The van der Waals surface area contributed by atoms with E-state index in [0.717, 1.165) is 0 Å². The van der Waals surface area contributed by atoms with E-state index >= 15 is 0 Å². The van der Waals surface area contributed by atoms with Crippen molar-refractivity contribution in [1.29, 1.82) is 0 Å². The van der Waals surface area contributed by atoms with Crippen LogP contribution in [0.1, 0.15) is 20.8 Å². The number of benzene rings is 1. The second-order valence-corrected chi connectivity index (χ2v) is 4.26. The third-order valence-electron chi connectivity index (χ3n) is 2.05. The van der Waals surface area contributed by atoms with E-state index in [1.165, 1.54) is 18.3 Å². The lowest BCUT2D eigenvalue weighted by Crippen LogP contribution is -2.13. The summed E-state index contributed by atoms with van der Waals surface area (Å²) < 4.78 is 0.554. The molecule has 7 nitrogen and oxygen atoms in total. The molecule has 1 aromatic heterocycles. The van der Waals surface area contributed by atoms with Crippen molar-refractivity contribution in [2.45, 2.75) is 0 Å². The number of carboxylic acid groups (broad SMARTS) is 1. The highest BCUT2D eigenvalue weighted by atomic mass is 79.9. The lowest BCUT2D eigenvalue weighted by molar-refractivity contribution is 0.0696. The number of nitrogens with zero attached hydrogens (tertiary/aromatic N) is 2. The van der Waals surface area contributed by atoms with Crippen LogP contribution in [0.5, 0.6) is 0 Å². The standard InChI is InChI=1S/C10H7BrN4O3/c11-6-1-5(10(17)18)2-7(3-6)13-9(16)8-4-12-15-14-8/h1-4H,(H,13,16)(H,17,18)(H,12,14,15). The van der Waals surface area contributed by atoms with Gasteiger partial charge in [0.25, 0.3) is 5.91 Å². The number of hydrogen-bond donors (Lipinski definition) is 3. The fraction of sp³-hybridized carbons (Fsp3) is 0. The molecule has 0 saturated carbocycles. The molecule has 1 amide bonds. The maximum absolute atomic E-state index is 11.7. The van der Waals surface area contributed by atoms with Gasteiger partial charge in [0.05, 0.1) is 11.8 Å². The molecular weight excluding hydrogens is 304 g/mol. The zero-order valence-electron chi connectivity index (χ0n) is 8.85. The molecule has 18 heavy (non-hydrogen) atoms. The van der Waals surface area contributed by atoms with E-state index in [2.05, 4.69) is 36.7 Å². The van der Waals surface area contributed by atoms with Crippen LogP contribution in [0.4, 0.5) is 5.69 Å². The van der Waals surface area contributed by atoms with Gasteiger partial charge in [-0.3, -0.25) is 4.79 Å². The topological polar surface area (TPSA) is 108 Å². The van der Waals surface area contributed by atoms with Gasteiger partial charge in [-0.25, -0.2) is 4.79 Å². The largest absolute Gasteiger partial charge is 0.478 e. The third kappa shape index (κ3) is 2.72. The number of carboxylic acids is 1. The molecule has 2 aromatic rings. The summed E-state index contributed by atoms with van der Waals surface area (Å²) in [5.41, 5.74) is 0.543. The molecule has 2 rings (SSSR count). The van der Waals surface area contributed by atoms with Crippen molar-refractivity contribution in [3.05, 3.63) is 40.1 Å². The zero-order chi connectivity index (χ0) is 13.1. The van der Waals surface area contributed by atoms with Crippen LogP contribution < -0.4 is 5.32 Å². The van der Waals surface area contributed by atoms with Crippen molar-refractivity contribution >= 4 is 33.5 Å². The van der Waals surface area contributed by atoms with Gasteiger partial charge < -0.3 is 10.4 Å². The molecule has 0 radical (unpaired) electrons. The van der Waals surface area contributed by atoms with E-state index in [9.17, 15) is 9.59 Å². The zero-order valence-corrected chi connectivity index (χ0v) is 10.4. The van der Waals surface area contributed by atoms with Gasteiger partial charge in [0, 0.05) is 10.2 Å². The second kappa shape index (κ2) is 4.96. The van der Waals surface area contributed by atoms with E-state index in [-0.39, 0.29) is 11.3 Å². The number of amides is 1. The van der Waals surface area contributed by atoms with Crippen molar-refractivity contribution in [2.24, 2.45) is 0 Å². The van der Waals surface area contributed by atoms with Gasteiger partial charge in [0.2, 0.25) is 0 Å². The Kier molecular flexibility index (Phi) is 3.38. The van der Waals surface area contributed by atoms with Crippen LogP contribution in [0, 0.1) is 0 Å². The number of carbonyl (C=O) groups is 2. The van der Waals surface area contributed by atoms with Crippen LogP contribution in [-0.4, -0.2) is 32.4 Å². The molecular formula is C10H7BrN4O3. The van der Waals surface area contributed by atoms with Crippen LogP contribution in [0.3, 0.4) is 0 Å². The number of H-pyrrole nitrogens is 1. The number of halogens is 1. The van der Waals surface area contributed by atoms with Crippen molar-refractivity contribution in [3.63, 3.8) is 0 Å². The Morgan fingerprint density at radius 1 is 1.33 bits per heavy atom. The predicted octanol–water partition coefficient (Wildman–Crippen LogP) is 1.52. The smallest absolute Gasteiger partial charge is 0.335 e. The summed E-state index contributed by atoms with van der Waals surface area (Å²) in [6.45, 7) is 0. The molecule has 8 heteroatoms. The van der Waals surface area contributed by atoms with Crippen molar-refractivity contribution in [1.82, 2.24) is 15.4 Å². The minimum Gasteiger partial charge on any atom is -0.478 e. The normalized spacial score (nSPS) is 10.1. The van der Waals surface area contributed by atoms with Crippen molar-refractivity contribution in [3.8, 4) is 0 Å². The summed E-state index contributed by atoms with van der Waals surface area (Å²) in [6.07, 6.45) is 1.27. The summed E-state index contributed by atoms with van der Waals surface area (Å²) in [7, 11) is 0. The Morgan fingerprint density at radius 3 is 2.72 bits per heavy atom. The minimum absolute atomic E-state index is 0.0693. The summed E-state index contributed by atoms with van der Waals surface area (Å²) in [5.74, 6) is -1.55. The SMILES string of the molecule is O=C(O)c1cc(Br)cc(NC(=O)c2cn[nH]n2)c1. The Labute approximate surface area is 109 Å². The van der Waals surface area contributed by atoms with Gasteiger partial charge >= 0.3 is 5.97 Å². The van der Waals surface area contributed by atoms with E-state index in [4.69, 9.17) is 5.11 Å². The highest BCUT2D eigenvalue weighted by Gasteiger charge is 2.11. The molecule has 0 aliphatic carbocycles. The van der Waals surface area contributed by atoms with Gasteiger partial charge in [-0.15, -0.1) is 0 Å². The highest BCUT2D eigenvalue weighted by molar-refractivity contribution is 9.10. The quantitative estimate of drug-likeness (QED) is 0.796. The Hall–Kier alpha value is -2.22. The summed E-state index contributed by atoms with van der Waals surface area (Å²) in [6, 6.07) is 4.38. The molecule has 0 spiro atoms. The average molecular weight is 311 g/mol. The molecule has 92 valence electrons. The first kappa shape index (κ1) is 12.2. The third-order valence-corrected chi connectivity index (χ3v) is 2.51. The van der Waals surface area contributed by atoms with Crippen molar-refractivity contribution in [2.75, 3.05) is 5.32 Å². The van der Waals surface area contributed by atoms with Gasteiger partial charge in [-0.1, -0.05) is 15.9 Å². The molecule has 0 unspecified atom stereocenters. The molecule has 3 N–H and O–H groups in total. The van der Waals surface area contributed by atoms with Gasteiger partial charge in [-0.2, -0.15) is 15.4 Å². The monoisotopic (exact) mass is 310 g/mol.